The summed E-state index contributed by atoms with van der Waals surface area (Å²) in [4.78, 5) is 11.5. The van der Waals surface area contributed by atoms with E-state index in [9.17, 15) is 9.18 Å². The number of methoxy groups -OCH3 is 1. The van der Waals surface area contributed by atoms with Crippen LogP contribution < -0.4 is 0 Å². The zero-order valence-electron chi connectivity index (χ0n) is 10.1. The quantitative estimate of drug-likeness (QED) is 0.597. The highest BCUT2D eigenvalue weighted by molar-refractivity contribution is 5.94. The first-order valence-corrected chi connectivity index (χ1v) is 5.26. The van der Waals surface area contributed by atoms with Gasteiger partial charge in [-0.05, 0) is 37.1 Å². The summed E-state index contributed by atoms with van der Waals surface area (Å²) in [6.45, 7) is 4.10. The van der Waals surface area contributed by atoms with E-state index in [1.807, 2.05) is 6.92 Å². The predicted octanol–water partition coefficient (Wildman–Crippen LogP) is 2.93. The van der Waals surface area contributed by atoms with Crippen LogP contribution in [-0.4, -0.2) is 19.7 Å². The SMILES string of the molecule is CCO/C=C/c1cc(C)cc(F)c1C(=O)OC. The molecule has 0 aromatic heterocycles. The van der Waals surface area contributed by atoms with Gasteiger partial charge in [-0.3, -0.25) is 0 Å². The summed E-state index contributed by atoms with van der Waals surface area (Å²) < 4.78 is 23.3. The zero-order chi connectivity index (χ0) is 12.8. The van der Waals surface area contributed by atoms with Gasteiger partial charge in [0.25, 0.3) is 0 Å². The van der Waals surface area contributed by atoms with Gasteiger partial charge in [-0.15, -0.1) is 0 Å². The Labute approximate surface area is 99.9 Å². The van der Waals surface area contributed by atoms with Crippen molar-refractivity contribution in [1.29, 1.82) is 0 Å². The number of hydrogen-bond donors (Lipinski definition) is 0. The third-order valence-electron chi connectivity index (χ3n) is 2.17. The first-order chi connectivity index (χ1) is 8.10. The Bertz CT molecular complexity index is 439. The molecule has 0 atom stereocenters. The molecule has 0 aliphatic carbocycles. The maximum Gasteiger partial charge on any atom is 0.341 e. The molecule has 17 heavy (non-hydrogen) atoms. The van der Waals surface area contributed by atoms with E-state index >= 15 is 0 Å². The summed E-state index contributed by atoms with van der Waals surface area (Å²) in [5.41, 5.74) is 1.10. The molecule has 3 nitrogen and oxygen atoms in total. The molecule has 0 saturated heterocycles. The molecule has 0 amide bonds. The molecule has 1 aromatic carbocycles. The minimum Gasteiger partial charge on any atom is -0.501 e. The topological polar surface area (TPSA) is 35.5 Å². The highest BCUT2D eigenvalue weighted by Gasteiger charge is 2.16. The fourth-order valence-corrected chi connectivity index (χ4v) is 1.44. The van der Waals surface area contributed by atoms with Gasteiger partial charge in [0.2, 0.25) is 0 Å². The molecule has 0 aliphatic heterocycles. The van der Waals surface area contributed by atoms with Crippen LogP contribution in [0.4, 0.5) is 4.39 Å². The number of carbonyl (C=O) groups excluding carboxylic acids is 1. The molecule has 0 saturated carbocycles. The van der Waals surface area contributed by atoms with Crippen LogP contribution in [0.3, 0.4) is 0 Å². The van der Waals surface area contributed by atoms with Crippen molar-refractivity contribution < 1.29 is 18.7 Å². The average molecular weight is 238 g/mol. The van der Waals surface area contributed by atoms with Gasteiger partial charge in [0, 0.05) is 0 Å². The van der Waals surface area contributed by atoms with Crippen molar-refractivity contribution in [2.45, 2.75) is 13.8 Å². The van der Waals surface area contributed by atoms with Crippen molar-refractivity contribution in [3.05, 3.63) is 40.9 Å². The Kier molecular flexibility index (Phi) is 4.69. The van der Waals surface area contributed by atoms with Gasteiger partial charge in [0.05, 0.1) is 20.0 Å². The van der Waals surface area contributed by atoms with E-state index < -0.39 is 11.8 Å². The lowest BCUT2D eigenvalue weighted by Crippen LogP contribution is -2.07. The van der Waals surface area contributed by atoms with Gasteiger partial charge in [0.15, 0.2) is 0 Å². The summed E-state index contributed by atoms with van der Waals surface area (Å²) in [6, 6.07) is 3.00. The number of aryl methyl sites for hydroxylation is 1. The number of ether oxygens (including phenoxy) is 2. The van der Waals surface area contributed by atoms with E-state index in [1.54, 1.807) is 19.1 Å². The lowest BCUT2D eigenvalue weighted by Gasteiger charge is -2.07. The molecule has 1 rings (SSSR count). The average Bonchev–Trinajstić information content (AvgIpc) is 2.28. The Morgan fingerprint density at radius 1 is 1.47 bits per heavy atom. The molecule has 0 unspecified atom stereocenters. The fourth-order valence-electron chi connectivity index (χ4n) is 1.44. The van der Waals surface area contributed by atoms with Gasteiger partial charge < -0.3 is 9.47 Å². The number of carbonyl (C=O) groups is 1. The van der Waals surface area contributed by atoms with E-state index in [2.05, 4.69) is 4.74 Å². The first kappa shape index (κ1) is 13.2. The smallest absolute Gasteiger partial charge is 0.341 e. The largest absolute Gasteiger partial charge is 0.501 e. The molecule has 0 N–H and O–H groups in total. The normalized spacial score (nSPS) is 10.6. The molecule has 0 spiro atoms. The van der Waals surface area contributed by atoms with Crippen LogP contribution in [0.5, 0.6) is 0 Å². The predicted molar refractivity (Wildman–Crippen MR) is 63.1 cm³/mol. The number of benzene rings is 1. The lowest BCUT2D eigenvalue weighted by atomic mass is 10.0. The van der Waals surface area contributed by atoms with Crippen LogP contribution in [-0.2, 0) is 9.47 Å². The number of halogens is 1. The number of hydrogen-bond acceptors (Lipinski definition) is 3. The minimum atomic E-state index is -0.696. The van der Waals surface area contributed by atoms with Crippen LogP contribution in [0.15, 0.2) is 18.4 Å². The highest BCUT2D eigenvalue weighted by Crippen LogP contribution is 2.19. The van der Waals surface area contributed by atoms with Crippen LogP contribution in [0.1, 0.15) is 28.4 Å². The zero-order valence-corrected chi connectivity index (χ0v) is 10.1. The molecule has 92 valence electrons. The Hall–Kier alpha value is -1.84. The lowest BCUT2D eigenvalue weighted by molar-refractivity contribution is 0.0595. The maximum atomic E-state index is 13.7. The van der Waals surface area contributed by atoms with Crippen molar-refractivity contribution >= 4 is 12.0 Å². The third kappa shape index (κ3) is 3.31. The molecule has 0 radical (unpaired) electrons. The van der Waals surface area contributed by atoms with E-state index in [-0.39, 0.29) is 5.56 Å². The Morgan fingerprint density at radius 3 is 2.76 bits per heavy atom. The van der Waals surface area contributed by atoms with Crippen molar-refractivity contribution in [3.63, 3.8) is 0 Å². The van der Waals surface area contributed by atoms with Gasteiger partial charge in [-0.2, -0.15) is 0 Å². The Balaban J connectivity index is 3.20. The minimum absolute atomic E-state index is 0.0750. The first-order valence-electron chi connectivity index (χ1n) is 5.26. The Morgan fingerprint density at radius 2 is 2.18 bits per heavy atom. The van der Waals surface area contributed by atoms with Crippen molar-refractivity contribution in [2.75, 3.05) is 13.7 Å². The highest BCUT2D eigenvalue weighted by atomic mass is 19.1. The molecule has 1 aromatic rings. The van der Waals surface area contributed by atoms with E-state index in [0.717, 1.165) is 5.56 Å². The summed E-state index contributed by atoms with van der Waals surface area (Å²) in [7, 11) is 1.22. The van der Waals surface area contributed by atoms with Crippen LogP contribution >= 0.6 is 0 Å². The fraction of sp³-hybridized carbons (Fsp3) is 0.308. The number of rotatable bonds is 4. The molecule has 0 fully saturated rings. The maximum absolute atomic E-state index is 13.7. The molecular weight excluding hydrogens is 223 g/mol. The summed E-state index contributed by atoms with van der Waals surface area (Å²) >= 11 is 0. The van der Waals surface area contributed by atoms with Crippen molar-refractivity contribution in [3.8, 4) is 0 Å². The van der Waals surface area contributed by atoms with Crippen LogP contribution in [0.2, 0.25) is 0 Å². The summed E-state index contributed by atoms with van der Waals surface area (Å²) in [5.74, 6) is -1.29. The van der Waals surface area contributed by atoms with E-state index in [1.165, 1.54) is 19.4 Å². The van der Waals surface area contributed by atoms with E-state index in [4.69, 9.17) is 4.74 Å². The summed E-state index contributed by atoms with van der Waals surface area (Å²) in [6.07, 6.45) is 2.98. The number of esters is 1. The van der Waals surface area contributed by atoms with Crippen molar-refractivity contribution in [2.24, 2.45) is 0 Å². The molecule has 0 aliphatic rings. The van der Waals surface area contributed by atoms with Crippen LogP contribution in [0, 0.1) is 12.7 Å². The van der Waals surface area contributed by atoms with Gasteiger partial charge in [-0.1, -0.05) is 6.07 Å². The molecular formula is C13H15FO3. The van der Waals surface area contributed by atoms with Gasteiger partial charge in [-0.25, -0.2) is 9.18 Å². The van der Waals surface area contributed by atoms with Crippen molar-refractivity contribution in [1.82, 2.24) is 0 Å². The molecule has 0 heterocycles. The van der Waals surface area contributed by atoms with E-state index in [0.29, 0.717) is 12.2 Å². The van der Waals surface area contributed by atoms with Gasteiger partial charge >= 0.3 is 5.97 Å². The molecule has 0 bridgehead atoms. The second-order valence-electron chi connectivity index (χ2n) is 3.46. The summed E-state index contributed by atoms with van der Waals surface area (Å²) in [5, 5.41) is 0. The third-order valence-corrected chi connectivity index (χ3v) is 2.17. The monoisotopic (exact) mass is 238 g/mol. The van der Waals surface area contributed by atoms with Gasteiger partial charge in [0.1, 0.15) is 11.4 Å². The standard InChI is InChI=1S/C13H15FO3/c1-4-17-6-5-10-7-9(2)8-11(14)12(10)13(15)16-3/h5-8H,4H2,1-3H3/b6-5+. The second kappa shape index (κ2) is 6.03. The van der Waals surface area contributed by atoms with Crippen LogP contribution in [0.25, 0.3) is 6.08 Å². The second-order valence-corrected chi connectivity index (χ2v) is 3.46. The molecule has 4 heteroatoms.